The Kier molecular flexibility index (Phi) is 5.50. The van der Waals surface area contributed by atoms with Gasteiger partial charge in [-0.3, -0.25) is 4.98 Å². The van der Waals surface area contributed by atoms with Gasteiger partial charge < -0.3 is 15.8 Å². The highest BCUT2D eigenvalue weighted by molar-refractivity contribution is 6.30. The van der Waals surface area contributed by atoms with E-state index in [1.165, 1.54) is 0 Å². The van der Waals surface area contributed by atoms with Crippen molar-refractivity contribution in [3.8, 4) is 22.7 Å². The molecule has 5 aromatic rings. The van der Waals surface area contributed by atoms with Crippen LogP contribution in [0.15, 0.2) is 73.1 Å². The predicted molar refractivity (Wildman–Crippen MR) is 130 cm³/mol. The quantitative estimate of drug-likeness (QED) is 0.379. The number of nitrogens with one attached hydrogen (secondary N) is 1. The number of nitrogens with zero attached hydrogens (tertiary/aromatic N) is 5. The topological polar surface area (TPSA) is 104 Å². The second-order valence-electron chi connectivity index (χ2n) is 7.31. The number of methoxy groups -OCH3 is 1. The molecule has 0 aliphatic rings. The molecule has 0 bridgehead atoms. The minimum atomic E-state index is 0.434. The zero-order valence-electron chi connectivity index (χ0n) is 17.7. The first-order valence-corrected chi connectivity index (χ1v) is 10.6. The van der Waals surface area contributed by atoms with Crippen molar-refractivity contribution in [3.63, 3.8) is 0 Å². The molecule has 9 heteroatoms. The molecule has 33 heavy (non-hydrogen) atoms. The molecule has 164 valence electrons. The summed E-state index contributed by atoms with van der Waals surface area (Å²) in [6, 6.07) is 18.8. The Hall–Kier alpha value is -4.17. The summed E-state index contributed by atoms with van der Waals surface area (Å²) in [5.41, 5.74) is 10.3. The van der Waals surface area contributed by atoms with Gasteiger partial charge in [0.15, 0.2) is 5.65 Å². The van der Waals surface area contributed by atoms with Gasteiger partial charge in [-0.15, -0.1) is 5.10 Å². The number of pyridine rings is 1. The van der Waals surface area contributed by atoms with E-state index in [4.69, 9.17) is 27.1 Å². The fourth-order valence-corrected chi connectivity index (χ4v) is 3.66. The number of halogens is 1. The molecular formula is C24H20ClN7O. The van der Waals surface area contributed by atoms with Gasteiger partial charge in [-0.05, 0) is 48.0 Å². The van der Waals surface area contributed by atoms with Crippen LogP contribution >= 0.6 is 11.6 Å². The summed E-state index contributed by atoms with van der Waals surface area (Å²) in [7, 11) is 1.63. The first kappa shape index (κ1) is 20.7. The number of anilines is 2. The van der Waals surface area contributed by atoms with Crippen LogP contribution in [0.25, 0.3) is 28.0 Å². The third-order valence-electron chi connectivity index (χ3n) is 5.16. The van der Waals surface area contributed by atoms with Gasteiger partial charge in [0.05, 0.1) is 23.9 Å². The van der Waals surface area contributed by atoms with E-state index < -0.39 is 0 Å². The van der Waals surface area contributed by atoms with Crippen LogP contribution in [-0.2, 0) is 6.54 Å². The summed E-state index contributed by atoms with van der Waals surface area (Å²) in [5.74, 6) is 1.58. The molecule has 2 aromatic carbocycles. The van der Waals surface area contributed by atoms with E-state index in [0.29, 0.717) is 45.8 Å². The standard InChI is InChI=1S/C24H20ClN7O/c1-33-19-6-2-5-16(12-19)21-20-22(26)32(18-9-7-17(25)8-10-18)31-23(20)30-24(29-21)28-14-15-4-3-11-27-13-15/h2-13H,14,26H2,1H3,(H,28,30,31). The lowest BCUT2D eigenvalue weighted by Crippen LogP contribution is -2.05. The van der Waals surface area contributed by atoms with Gasteiger partial charge in [-0.2, -0.15) is 4.98 Å². The lowest BCUT2D eigenvalue weighted by atomic mass is 10.1. The second kappa shape index (κ2) is 8.76. The van der Waals surface area contributed by atoms with Crippen molar-refractivity contribution >= 4 is 34.4 Å². The molecule has 0 fully saturated rings. The van der Waals surface area contributed by atoms with E-state index in [1.54, 1.807) is 36.3 Å². The van der Waals surface area contributed by atoms with E-state index in [9.17, 15) is 0 Å². The number of hydrogen-bond donors (Lipinski definition) is 2. The smallest absolute Gasteiger partial charge is 0.225 e. The molecule has 0 radical (unpaired) electrons. The van der Waals surface area contributed by atoms with E-state index in [-0.39, 0.29) is 0 Å². The maximum absolute atomic E-state index is 6.56. The van der Waals surface area contributed by atoms with Crippen LogP contribution < -0.4 is 15.8 Å². The Balaban J connectivity index is 1.65. The molecule has 0 saturated heterocycles. The largest absolute Gasteiger partial charge is 0.497 e. The molecule has 0 spiro atoms. The summed E-state index contributed by atoms with van der Waals surface area (Å²) in [5, 5.41) is 9.23. The molecule has 8 nitrogen and oxygen atoms in total. The summed E-state index contributed by atoms with van der Waals surface area (Å²) < 4.78 is 7.05. The van der Waals surface area contributed by atoms with Gasteiger partial charge in [0, 0.05) is 29.5 Å². The van der Waals surface area contributed by atoms with Gasteiger partial charge in [0.1, 0.15) is 11.6 Å². The molecule has 5 rings (SSSR count). The van der Waals surface area contributed by atoms with Gasteiger partial charge in [0.2, 0.25) is 5.95 Å². The lowest BCUT2D eigenvalue weighted by molar-refractivity contribution is 0.415. The van der Waals surface area contributed by atoms with Crippen molar-refractivity contribution in [2.24, 2.45) is 0 Å². The molecule has 0 saturated carbocycles. The normalized spacial score (nSPS) is 11.0. The van der Waals surface area contributed by atoms with Crippen LogP contribution in [0.3, 0.4) is 0 Å². The fourth-order valence-electron chi connectivity index (χ4n) is 3.53. The Morgan fingerprint density at radius 3 is 2.67 bits per heavy atom. The SMILES string of the molecule is COc1cccc(-c2nc(NCc3cccnc3)nc3nn(-c4ccc(Cl)cc4)c(N)c23)c1. The number of rotatable bonds is 6. The molecule has 3 aromatic heterocycles. The summed E-state index contributed by atoms with van der Waals surface area (Å²) in [6.07, 6.45) is 3.53. The van der Waals surface area contributed by atoms with Crippen molar-refractivity contribution in [2.75, 3.05) is 18.2 Å². The van der Waals surface area contributed by atoms with Crippen LogP contribution in [0.1, 0.15) is 5.56 Å². The van der Waals surface area contributed by atoms with E-state index >= 15 is 0 Å². The average molecular weight is 458 g/mol. The molecule has 0 aliphatic carbocycles. The maximum Gasteiger partial charge on any atom is 0.225 e. The number of fused-ring (bicyclic) bond motifs is 1. The zero-order valence-corrected chi connectivity index (χ0v) is 18.5. The molecular weight excluding hydrogens is 438 g/mol. The predicted octanol–water partition coefficient (Wildman–Crippen LogP) is 4.73. The van der Waals surface area contributed by atoms with Gasteiger partial charge >= 0.3 is 0 Å². The highest BCUT2D eigenvalue weighted by Gasteiger charge is 2.19. The highest BCUT2D eigenvalue weighted by Crippen LogP contribution is 2.34. The van der Waals surface area contributed by atoms with Crippen LogP contribution in [0.2, 0.25) is 5.02 Å². The first-order valence-electron chi connectivity index (χ1n) is 10.2. The number of nitrogens with two attached hydrogens (primary N) is 1. The highest BCUT2D eigenvalue weighted by atomic mass is 35.5. The van der Waals surface area contributed by atoms with Crippen molar-refractivity contribution < 1.29 is 4.74 Å². The number of ether oxygens (including phenoxy) is 1. The fraction of sp³-hybridized carbons (Fsp3) is 0.0833. The molecule has 0 amide bonds. The maximum atomic E-state index is 6.56. The number of benzene rings is 2. The van der Waals surface area contributed by atoms with Crippen molar-refractivity contribution in [1.82, 2.24) is 24.7 Å². The molecule has 3 N–H and O–H groups in total. The third kappa shape index (κ3) is 4.16. The zero-order chi connectivity index (χ0) is 22.8. The van der Waals surface area contributed by atoms with Crippen molar-refractivity contribution in [2.45, 2.75) is 6.54 Å². The Morgan fingerprint density at radius 2 is 1.91 bits per heavy atom. The lowest BCUT2D eigenvalue weighted by Gasteiger charge is -2.09. The second-order valence-corrected chi connectivity index (χ2v) is 7.75. The minimum absolute atomic E-state index is 0.434. The Labute approximate surface area is 195 Å². The summed E-state index contributed by atoms with van der Waals surface area (Å²) in [6.45, 7) is 0.518. The summed E-state index contributed by atoms with van der Waals surface area (Å²) in [4.78, 5) is 13.6. The van der Waals surface area contributed by atoms with Crippen LogP contribution in [0, 0.1) is 0 Å². The van der Waals surface area contributed by atoms with E-state index in [2.05, 4.69) is 20.4 Å². The average Bonchev–Trinajstić information content (AvgIpc) is 3.19. The Bertz CT molecular complexity index is 1420. The van der Waals surface area contributed by atoms with E-state index in [1.807, 2.05) is 48.5 Å². The third-order valence-corrected chi connectivity index (χ3v) is 5.41. The monoisotopic (exact) mass is 457 g/mol. The van der Waals surface area contributed by atoms with Gasteiger partial charge in [-0.1, -0.05) is 29.8 Å². The van der Waals surface area contributed by atoms with E-state index in [0.717, 1.165) is 16.8 Å². The number of aromatic nitrogens is 5. The Morgan fingerprint density at radius 1 is 1.06 bits per heavy atom. The van der Waals surface area contributed by atoms with Gasteiger partial charge in [0.25, 0.3) is 0 Å². The van der Waals surface area contributed by atoms with Crippen LogP contribution in [-0.4, -0.2) is 31.8 Å². The minimum Gasteiger partial charge on any atom is -0.497 e. The molecule has 0 atom stereocenters. The summed E-state index contributed by atoms with van der Waals surface area (Å²) >= 11 is 6.05. The molecule has 0 unspecified atom stereocenters. The first-order chi connectivity index (χ1) is 16.1. The van der Waals surface area contributed by atoms with Crippen LogP contribution in [0.4, 0.5) is 11.8 Å². The molecule has 3 heterocycles. The molecule has 0 aliphatic heterocycles. The van der Waals surface area contributed by atoms with Crippen LogP contribution in [0.5, 0.6) is 5.75 Å². The number of nitrogen functional groups attached to an aromatic ring is 1. The van der Waals surface area contributed by atoms with Crippen molar-refractivity contribution in [3.05, 3.63) is 83.6 Å². The van der Waals surface area contributed by atoms with Crippen molar-refractivity contribution in [1.29, 1.82) is 0 Å². The number of hydrogen-bond acceptors (Lipinski definition) is 7. The van der Waals surface area contributed by atoms with Gasteiger partial charge in [-0.25, -0.2) is 9.67 Å².